The molecule has 0 aliphatic carbocycles. The number of aromatic nitrogens is 2. The number of amides is 1. The summed E-state index contributed by atoms with van der Waals surface area (Å²) >= 11 is 1.38. The molecule has 1 aliphatic rings. The number of ether oxygens (including phenoxy) is 1. The van der Waals surface area contributed by atoms with Crippen molar-refractivity contribution >= 4 is 22.2 Å². The summed E-state index contributed by atoms with van der Waals surface area (Å²) in [5.41, 5.74) is 1.51. The molecular weight excluding hydrogens is 353 g/mol. The van der Waals surface area contributed by atoms with Gasteiger partial charge in [0.2, 0.25) is 0 Å². The van der Waals surface area contributed by atoms with Crippen LogP contribution < -0.4 is 0 Å². The van der Waals surface area contributed by atoms with Crippen molar-refractivity contribution in [2.45, 2.75) is 25.4 Å². The van der Waals surface area contributed by atoms with Crippen LogP contribution in [0.5, 0.6) is 0 Å². The lowest BCUT2D eigenvalue weighted by atomic mass is 10.1. The minimum absolute atomic E-state index is 0.0806. The third kappa shape index (κ3) is 3.24. The molecule has 0 spiro atoms. The highest BCUT2D eigenvalue weighted by Crippen LogP contribution is 2.26. The first-order valence-electron chi connectivity index (χ1n) is 8.72. The Hall–Kier alpha value is -2.25. The Balaban J connectivity index is 1.58. The van der Waals surface area contributed by atoms with Crippen molar-refractivity contribution in [1.82, 2.24) is 14.3 Å². The standard InChI is InChI=1S/C19H20FN3O2S/c1-22(10-13-6-4-5-9-25-13)18(24)17-12-26-19-21-16(11-23(17)19)14-7-2-3-8-15(14)20/h2-3,7-8,11-13H,4-6,9-10H2,1H3/t13-/m1/s1. The summed E-state index contributed by atoms with van der Waals surface area (Å²) in [6.07, 6.45) is 5.04. The fraction of sp³-hybridized carbons (Fsp3) is 0.368. The molecule has 26 heavy (non-hydrogen) atoms. The number of fused-ring (bicyclic) bond motifs is 1. The number of hydrogen-bond acceptors (Lipinski definition) is 4. The molecule has 0 saturated carbocycles. The molecule has 7 heteroatoms. The van der Waals surface area contributed by atoms with Gasteiger partial charge in [-0.2, -0.15) is 0 Å². The maximum atomic E-state index is 14.0. The van der Waals surface area contributed by atoms with Crippen LogP contribution in [-0.4, -0.2) is 46.5 Å². The summed E-state index contributed by atoms with van der Waals surface area (Å²) in [5.74, 6) is -0.402. The van der Waals surface area contributed by atoms with Gasteiger partial charge in [-0.05, 0) is 31.4 Å². The third-order valence-corrected chi connectivity index (χ3v) is 5.52. The van der Waals surface area contributed by atoms with Crippen LogP contribution in [0.2, 0.25) is 0 Å². The Morgan fingerprint density at radius 1 is 1.42 bits per heavy atom. The van der Waals surface area contributed by atoms with Gasteiger partial charge in [0.05, 0.1) is 11.8 Å². The van der Waals surface area contributed by atoms with Crippen LogP contribution in [0.4, 0.5) is 4.39 Å². The van der Waals surface area contributed by atoms with Crippen LogP contribution in [0, 0.1) is 5.82 Å². The van der Waals surface area contributed by atoms with E-state index in [9.17, 15) is 9.18 Å². The smallest absolute Gasteiger partial charge is 0.271 e. The topological polar surface area (TPSA) is 46.8 Å². The number of thiazole rings is 1. The number of hydrogen-bond donors (Lipinski definition) is 0. The Morgan fingerprint density at radius 2 is 2.27 bits per heavy atom. The molecule has 3 aromatic rings. The Labute approximate surface area is 155 Å². The zero-order valence-electron chi connectivity index (χ0n) is 14.5. The molecule has 0 N–H and O–H groups in total. The molecule has 1 amide bonds. The highest BCUT2D eigenvalue weighted by molar-refractivity contribution is 7.15. The van der Waals surface area contributed by atoms with E-state index in [0.717, 1.165) is 25.9 Å². The average Bonchev–Trinajstić information content (AvgIpc) is 3.23. The summed E-state index contributed by atoms with van der Waals surface area (Å²) in [6.45, 7) is 1.34. The number of likely N-dealkylation sites (N-methyl/N-ethyl adjacent to an activating group) is 1. The van der Waals surface area contributed by atoms with Crippen molar-refractivity contribution in [1.29, 1.82) is 0 Å². The van der Waals surface area contributed by atoms with Gasteiger partial charge in [0.15, 0.2) is 4.96 Å². The molecule has 5 nitrogen and oxygen atoms in total. The molecule has 0 radical (unpaired) electrons. The molecule has 3 heterocycles. The SMILES string of the molecule is CN(C[C@H]1CCCCO1)C(=O)c1csc2nc(-c3ccccc3F)cn12. The van der Waals surface area contributed by atoms with E-state index in [1.54, 1.807) is 46.1 Å². The summed E-state index contributed by atoms with van der Waals surface area (Å²) in [5, 5.41) is 1.80. The molecule has 1 aliphatic heterocycles. The minimum atomic E-state index is -0.322. The van der Waals surface area contributed by atoms with Gasteiger partial charge in [0, 0.05) is 37.3 Å². The van der Waals surface area contributed by atoms with Crippen LogP contribution in [0.1, 0.15) is 29.8 Å². The van der Waals surface area contributed by atoms with E-state index in [1.807, 2.05) is 0 Å². The molecular formula is C19H20FN3O2S. The summed E-state index contributed by atoms with van der Waals surface area (Å²) in [6, 6.07) is 6.52. The van der Waals surface area contributed by atoms with Gasteiger partial charge < -0.3 is 9.64 Å². The maximum Gasteiger partial charge on any atom is 0.271 e. The maximum absolute atomic E-state index is 14.0. The summed E-state index contributed by atoms with van der Waals surface area (Å²) < 4.78 is 21.5. The molecule has 1 fully saturated rings. The molecule has 2 aromatic heterocycles. The highest BCUT2D eigenvalue weighted by Gasteiger charge is 2.23. The zero-order valence-corrected chi connectivity index (χ0v) is 15.3. The number of nitrogens with zero attached hydrogens (tertiary/aromatic N) is 3. The fourth-order valence-electron chi connectivity index (χ4n) is 3.27. The van der Waals surface area contributed by atoms with Gasteiger partial charge in [-0.1, -0.05) is 12.1 Å². The van der Waals surface area contributed by atoms with Gasteiger partial charge in [0.1, 0.15) is 11.5 Å². The van der Waals surface area contributed by atoms with E-state index in [4.69, 9.17) is 4.74 Å². The summed E-state index contributed by atoms with van der Waals surface area (Å²) in [7, 11) is 1.79. The van der Waals surface area contributed by atoms with Crippen molar-refractivity contribution in [3.05, 3.63) is 47.4 Å². The monoisotopic (exact) mass is 373 g/mol. The summed E-state index contributed by atoms with van der Waals surface area (Å²) in [4.78, 5) is 19.7. The molecule has 136 valence electrons. The molecule has 0 unspecified atom stereocenters. The van der Waals surface area contributed by atoms with E-state index in [0.29, 0.717) is 28.5 Å². The first kappa shape index (κ1) is 17.2. The van der Waals surface area contributed by atoms with E-state index < -0.39 is 0 Å². The van der Waals surface area contributed by atoms with Gasteiger partial charge in [-0.15, -0.1) is 11.3 Å². The second kappa shape index (κ2) is 7.17. The van der Waals surface area contributed by atoms with Crippen LogP contribution in [0.25, 0.3) is 16.2 Å². The minimum Gasteiger partial charge on any atom is -0.376 e. The van der Waals surface area contributed by atoms with Crippen LogP contribution in [-0.2, 0) is 4.74 Å². The lowest BCUT2D eigenvalue weighted by Crippen LogP contribution is -2.37. The van der Waals surface area contributed by atoms with Crippen molar-refractivity contribution in [2.24, 2.45) is 0 Å². The van der Waals surface area contributed by atoms with Crippen LogP contribution >= 0.6 is 11.3 Å². The fourth-order valence-corrected chi connectivity index (χ4v) is 4.12. The van der Waals surface area contributed by atoms with Crippen molar-refractivity contribution in [2.75, 3.05) is 20.2 Å². The lowest BCUT2D eigenvalue weighted by molar-refractivity contribution is -0.000302. The van der Waals surface area contributed by atoms with E-state index in [1.165, 1.54) is 17.4 Å². The van der Waals surface area contributed by atoms with Gasteiger partial charge in [-0.3, -0.25) is 9.20 Å². The number of halogens is 1. The predicted octanol–water partition coefficient (Wildman–Crippen LogP) is 3.84. The normalized spacial score (nSPS) is 17.5. The second-order valence-corrected chi connectivity index (χ2v) is 7.39. The number of benzene rings is 1. The van der Waals surface area contributed by atoms with Gasteiger partial charge in [-0.25, -0.2) is 9.37 Å². The first-order valence-corrected chi connectivity index (χ1v) is 9.60. The number of rotatable bonds is 4. The van der Waals surface area contributed by atoms with Crippen molar-refractivity contribution in [3.63, 3.8) is 0 Å². The van der Waals surface area contributed by atoms with Crippen molar-refractivity contribution in [3.8, 4) is 11.3 Å². The second-order valence-electron chi connectivity index (χ2n) is 6.55. The molecule has 1 atom stereocenters. The first-order chi connectivity index (χ1) is 12.6. The number of carbonyl (C=O) groups excluding carboxylic acids is 1. The highest BCUT2D eigenvalue weighted by atomic mass is 32.1. The zero-order chi connectivity index (χ0) is 18.1. The van der Waals surface area contributed by atoms with E-state index in [2.05, 4.69) is 4.98 Å². The Kier molecular flexibility index (Phi) is 4.74. The largest absolute Gasteiger partial charge is 0.376 e. The van der Waals surface area contributed by atoms with Crippen LogP contribution in [0.3, 0.4) is 0 Å². The molecule has 4 rings (SSSR count). The van der Waals surface area contributed by atoms with E-state index in [-0.39, 0.29) is 17.8 Å². The van der Waals surface area contributed by atoms with Gasteiger partial charge in [0.25, 0.3) is 5.91 Å². The number of carbonyl (C=O) groups is 1. The quantitative estimate of drug-likeness (QED) is 0.698. The van der Waals surface area contributed by atoms with E-state index >= 15 is 0 Å². The molecule has 0 bridgehead atoms. The Bertz CT molecular complexity index is 930. The number of imidazole rings is 1. The molecule has 1 aromatic carbocycles. The van der Waals surface area contributed by atoms with Gasteiger partial charge >= 0.3 is 0 Å². The predicted molar refractivity (Wildman–Crippen MR) is 99.0 cm³/mol. The average molecular weight is 373 g/mol. The van der Waals surface area contributed by atoms with Crippen LogP contribution in [0.15, 0.2) is 35.8 Å². The Morgan fingerprint density at radius 3 is 3.04 bits per heavy atom. The molecule has 1 saturated heterocycles. The van der Waals surface area contributed by atoms with Crippen molar-refractivity contribution < 1.29 is 13.9 Å². The third-order valence-electron chi connectivity index (χ3n) is 4.68. The lowest BCUT2D eigenvalue weighted by Gasteiger charge is -2.27.